The highest BCUT2D eigenvalue weighted by Gasteiger charge is 2.25. The molecule has 0 aromatic carbocycles. The molecule has 0 rings (SSSR count). The second kappa shape index (κ2) is 4.09. The van der Waals surface area contributed by atoms with Gasteiger partial charge < -0.3 is 15.2 Å². The van der Waals surface area contributed by atoms with Crippen molar-refractivity contribution >= 4 is 12.4 Å². The van der Waals surface area contributed by atoms with Gasteiger partial charge in [0.1, 0.15) is 6.29 Å². The number of carbonyl (C=O) groups excluding carboxylic acids is 1. The molecule has 0 aliphatic heterocycles. The zero-order valence-corrected chi connectivity index (χ0v) is 7.63. The minimum absolute atomic E-state index is 0.218. The summed E-state index contributed by atoms with van der Waals surface area (Å²) in [5.41, 5.74) is -0.223. The van der Waals surface area contributed by atoms with Crippen LogP contribution in [0.3, 0.4) is 0 Å². The number of hydrogen-bond donors (Lipinski definition) is 2. The molecule has 70 valence electrons. The summed E-state index contributed by atoms with van der Waals surface area (Å²) in [5, 5.41) is 10.8. The van der Waals surface area contributed by atoms with Crippen LogP contribution in [0, 0.1) is 5.41 Å². The van der Waals surface area contributed by atoms with Crippen LogP contribution in [0.25, 0.3) is 0 Å². The Balaban J connectivity index is 4.22. The lowest BCUT2D eigenvalue weighted by Crippen LogP contribution is -2.43. The fourth-order valence-corrected chi connectivity index (χ4v) is 0.874. The van der Waals surface area contributed by atoms with Crippen LogP contribution in [0.15, 0.2) is 0 Å². The number of amides is 1. The van der Waals surface area contributed by atoms with Crippen LogP contribution in [-0.2, 0) is 4.79 Å². The van der Waals surface area contributed by atoms with E-state index in [0.717, 1.165) is 6.29 Å². The van der Waals surface area contributed by atoms with Crippen molar-refractivity contribution in [3.63, 3.8) is 0 Å². The van der Waals surface area contributed by atoms with Crippen molar-refractivity contribution < 1.29 is 14.7 Å². The Hall–Kier alpha value is -1.06. The molecule has 4 heteroatoms. The van der Waals surface area contributed by atoms with Gasteiger partial charge in [-0.2, -0.15) is 0 Å². The van der Waals surface area contributed by atoms with Crippen molar-refractivity contribution in [3.8, 4) is 0 Å². The molecule has 1 atom stereocenters. The van der Waals surface area contributed by atoms with Gasteiger partial charge in [0.25, 0.3) is 0 Å². The van der Waals surface area contributed by atoms with Crippen molar-refractivity contribution in [2.45, 2.75) is 33.2 Å². The third kappa shape index (κ3) is 3.95. The highest BCUT2D eigenvalue weighted by molar-refractivity contribution is 5.66. The molecule has 0 bridgehead atoms. The molecule has 0 heterocycles. The molecule has 4 nitrogen and oxygen atoms in total. The number of nitrogens with one attached hydrogen (secondary N) is 1. The van der Waals surface area contributed by atoms with E-state index < -0.39 is 6.09 Å². The second-order valence-corrected chi connectivity index (χ2v) is 3.77. The maximum atomic E-state index is 10.3. The minimum atomic E-state index is -1.09. The summed E-state index contributed by atoms with van der Waals surface area (Å²) in [7, 11) is 0. The van der Waals surface area contributed by atoms with Crippen molar-refractivity contribution in [2.24, 2.45) is 5.41 Å². The fourth-order valence-electron chi connectivity index (χ4n) is 0.874. The molecule has 0 radical (unpaired) electrons. The summed E-state index contributed by atoms with van der Waals surface area (Å²) >= 11 is 0. The lowest BCUT2D eigenvalue weighted by atomic mass is 9.85. The van der Waals surface area contributed by atoms with Gasteiger partial charge in [-0.3, -0.25) is 0 Å². The van der Waals surface area contributed by atoms with Gasteiger partial charge in [0.2, 0.25) is 0 Å². The van der Waals surface area contributed by atoms with Gasteiger partial charge in [-0.1, -0.05) is 20.8 Å². The topological polar surface area (TPSA) is 66.4 Å². The average Bonchev–Trinajstić information content (AvgIpc) is 1.83. The Bertz CT molecular complexity index is 172. The molecule has 0 spiro atoms. The van der Waals surface area contributed by atoms with E-state index >= 15 is 0 Å². The summed E-state index contributed by atoms with van der Waals surface area (Å²) in [6, 6.07) is -0.313. The smallest absolute Gasteiger partial charge is 0.404 e. The molecule has 0 fully saturated rings. The molecule has 1 unspecified atom stereocenters. The molecule has 12 heavy (non-hydrogen) atoms. The first-order chi connectivity index (χ1) is 5.38. The van der Waals surface area contributed by atoms with Crippen LogP contribution in [0.1, 0.15) is 27.2 Å². The summed E-state index contributed by atoms with van der Waals surface area (Å²) in [6.07, 6.45) is -0.140. The Morgan fingerprint density at radius 2 is 2.08 bits per heavy atom. The van der Waals surface area contributed by atoms with Crippen molar-refractivity contribution in [3.05, 3.63) is 0 Å². The lowest BCUT2D eigenvalue weighted by Gasteiger charge is -2.28. The van der Waals surface area contributed by atoms with E-state index in [0.29, 0.717) is 0 Å². The van der Waals surface area contributed by atoms with Crippen molar-refractivity contribution in [1.82, 2.24) is 5.32 Å². The van der Waals surface area contributed by atoms with Crippen LogP contribution in [0.2, 0.25) is 0 Å². The van der Waals surface area contributed by atoms with Crippen LogP contribution in [-0.4, -0.2) is 23.5 Å². The predicted octanol–water partition coefficient (Wildman–Crippen LogP) is 1.26. The Labute approximate surface area is 72.0 Å². The standard InChI is InChI=1S/C8H15NO3/c1-8(2,3)6(4-5-10)9-7(11)12/h5-6,9H,4H2,1-3H3,(H,11,12). The molecule has 0 aliphatic rings. The predicted molar refractivity (Wildman–Crippen MR) is 45.1 cm³/mol. The second-order valence-electron chi connectivity index (χ2n) is 3.77. The Kier molecular flexibility index (Phi) is 3.73. The summed E-state index contributed by atoms with van der Waals surface area (Å²) in [6.45, 7) is 5.66. The molecule has 0 saturated carbocycles. The molecule has 0 aromatic heterocycles. The number of hydrogen-bond acceptors (Lipinski definition) is 2. The number of rotatable bonds is 3. The quantitative estimate of drug-likeness (QED) is 0.631. The highest BCUT2D eigenvalue weighted by Crippen LogP contribution is 2.20. The van der Waals surface area contributed by atoms with E-state index in [-0.39, 0.29) is 17.9 Å². The van der Waals surface area contributed by atoms with Gasteiger partial charge in [0.05, 0.1) is 0 Å². The van der Waals surface area contributed by atoms with E-state index in [9.17, 15) is 9.59 Å². The van der Waals surface area contributed by atoms with Crippen molar-refractivity contribution in [1.29, 1.82) is 0 Å². The van der Waals surface area contributed by atoms with Crippen LogP contribution >= 0.6 is 0 Å². The third-order valence-corrected chi connectivity index (χ3v) is 1.68. The van der Waals surface area contributed by atoms with Crippen LogP contribution < -0.4 is 5.32 Å². The molecule has 0 aliphatic carbocycles. The van der Waals surface area contributed by atoms with Gasteiger partial charge in [-0.05, 0) is 5.41 Å². The summed E-state index contributed by atoms with van der Waals surface area (Å²) in [4.78, 5) is 20.5. The van der Waals surface area contributed by atoms with E-state index in [4.69, 9.17) is 5.11 Å². The van der Waals surface area contributed by atoms with E-state index in [2.05, 4.69) is 5.32 Å². The Morgan fingerprint density at radius 3 is 2.33 bits per heavy atom. The first-order valence-electron chi connectivity index (χ1n) is 3.81. The zero-order valence-electron chi connectivity index (χ0n) is 7.63. The van der Waals surface area contributed by atoms with Crippen molar-refractivity contribution in [2.75, 3.05) is 0 Å². The summed E-state index contributed by atoms with van der Waals surface area (Å²) < 4.78 is 0. The van der Waals surface area contributed by atoms with E-state index in [1.165, 1.54) is 0 Å². The Morgan fingerprint density at radius 1 is 1.58 bits per heavy atom. The lowest BCUT2D eigenvalue weighted by molar-refractivity contribution is -0.108. The number of aldehydes is 1. The largest absolute Gasteiger partial charge is 0.465 e. The van der Waals surface area contributed by atoms with E-state index in [1.54, 1.807) is 0 Å². The molecular weight excluding hydrogens is 158 g/mol. The van der Waals surface area contributed by atoms with Gasteiger partial charge >= 0.3 is 6.09 Å². The first-order valence-corrected chi connectivity index (χ1v) is 3.81. The molecule has 0 aromatic rings. The SMILES string of the molecule is CC(C)(C)C(CC=O)NC(=O)O. The minimum Gasteiger partial charge on any atom is -0.465 e. The van der Waals surface area contributed by atoms with Gasteiger partial charge in [0, 0.05) is 12.5 Å². The normalized spacial score (nSPS) is 13.6. The van der Waals surface area contributed by atoms with Crippen LogP contribution in [0.4, 0.5) is 4.79 Å². The van der Waals surface area contributed by atoms with Gasteiger partial charge in [-0.25, -0.2) is 4.79 Å². The van der Waals surface area contributed by atoms with Gasteiger partial charge in [0.15, 0.2) is 0 Å². The fraction of sp³-hybridized carbons (Fsp3) is 0.750. The number of carboxylic acid groups (broad SMARTS) is 1. The number of carbonyl (C=O) groups is 2. The maximum Gasteiger partial charge on any atom is 0.404 e. The van der Waals surface area contributed by atoms with E-state index in [1.807, 2.05) is 20.8 Å². The van der Waals surface area contributed by atoms with Gasteiger partial charge in [-0.15, -0.1) is 0 Å². The molecule has 2 N–H and O–H groups in total. The molecule has 1 amide bonds. The average molecular weight is 173 g/mol. The third-order valence-electron chi connectivity index (χ3n) is 1.68. The molecular formula is C8H15NO3. The maximum absolute atomic E-state index is 10.3. The first kappa shape index (κ1) is 10.9. The monoisotopic (exact) mass is 173 g/mol. The zero-order chi connectivity index (χ0) is 9.78. The molecule has 0 saturated heterocycles. The van der Waals surface area contributed by atoms with Crippen LogP contribution in [0.5, 0.6) is 0 Å². The summed E-state index contributed by atoms with van der Waals surface area (Å²) in [5.74, 6) is 0. The highest BCUT2D eigenvalue weighted by atomic mass is 16.4.